The zero-order valence-corrected chi connectivity index (χ0v) is 11.5. The van der Waals surface area contributed by atoms with Crippen molar-refractivity contribution in [1.82, 2.24) is 4.98 Å². The molecule has 3 aromatic rings. The molecule has 0 saturated carbocycles. The van der Waals surface area contributed by atoms with Gasteiger partial charge in [-0.15, -0.1) is 0 Å². The van der Waals surface area contributed by atoms with E-state index >= 15 is 0 Å². The van der Waals surface area contributed by atoms with E-state index < -0.39 is 0 Å². The van der Waals surface area contributed by atoms with Gasteiger partial charge in [0.05, 0.1) is 19.2 Å². The first-order valence-electron chi connectivity index (χ1n) is 6.61. The lowest BCUT2D eigenvalue weighted by Gasteiger charge is -2.04. The molecule has 0 bridgehead atoms. The Hall–Kier alpha value is -2.62. The van der Waals surface area contributed by atoms with Crippen LogP contribution < -0.4 is 0 Å². The number of H-pyrrole nitrogens is 1. The Balaban J connectivity index is 2.23. The Bertz CT molecular complexity index is 793. The summed E-state index contributed by atoms with van der Waals surface area (Å²) in [5.74, 6) is -0.676. The first kappa shape index (κ1) is 13.4. The van der Waals surface area contributed by atoms with Crippen LogP contribution in [0.2, 0.25) is 0 Å². The summed E-state index contributed by atoms with van der Waals surface area (Å²) >= 11 is 0. The number of halogens is 1. The van der Waals surface area contributed by atoms with Crippen molar-refractivity contribution in [3.8, 4) is 11.3 Å². The van der Waals surface area contributed by atoms with E-state index in [0.717, 1.165) is 22.3 Å². The number of rotatable bonds is 3. The molecule has 0 unspecified atom stereocenters. The van der Waals surface area contributed by atoms with Crippen LogP contribution in [-0.2, 0) is 16.0 Å². The predicted octanol–water partition coefficient (Wildman–Crippen LogP) is 3.69. The summed E-state index contributed by atoms with van der Waals surface area (Å²) in [6.45, 7) is 0. The van der Waals surface area contributed by atoms with Crippen molar-refractivity contribution in [3.05, 3.63) is 59.9 Å². The fraction of sp³-hybridized carbons (Fsp3) is 0.118. The van der Waals surface area contributed by atoms with Gasteiger partial charge in [0.15, 0.2) is 0 Å². The highest BCUT2D eigenvalue weighted by Gasteiger charge is 2.16. The van der Waals surface area contributed by atoms with Crippen LogP contribution in [0.25, 0.3) is 22.2 Å². The number of aromatic amines is 1. The lowest BCUT2D eigenvalue weighted by Crippen LogP contribution is -2.05. The van der Waals surface area contributed by atoms with Crippen LogP contribution >= 0.6 is 0 Å². The largest absolute Gasteiger partial charge is 0.469 e. The summed E-state index contributed by atoms with van der Waals surface area (Å²) in [4.78, 5) is 14.9. The zero-order valence-electron chi connectivity index (χ0n) is 11.5. The van der Waals surface area contributed by atoms with E-state index in [4.69, 9.17) is 4.74 Å². The normalized spacial score (nSPS) is 10.8. The monoisotopic (exact) mass is 283 g/mol. The number of benzene rings is 2. The molecule has 21 heavy (non-hydrogen) atoms. The van der Waals surface area contributed by atoms with Gasteiger partial charge in [0, 0.05) is 10.9 Å². The lowest BCUT2D eigenvalue weighted by atomic mass is 10.0. The van der Waals surface area contributed by atoms with E-state index in [0.29, 0.717) is 5.39 Å². The second-order valence-corrected chi connectivity index (χ2v) is 4.79. The summed E-state index contributed by atoms with van der Waals surface area (Å²) in [5, 5.41) is 0.708. The Morgan fingerprint density at radius 1 is 1.19 bits per heavy atom. The number of methoxy groups -OCH3 is 1. The fourth-order valence-corrected chi connectivity index (χ4v) is 2.47. The number of carbonyl (C=O) groups excluding carboxylic acids is 1. The van der Waals surface area contributed by atoms with Crippen molar-refractivity contribution in [2.24, 2.45) is 0 Å². The summed E-state index contributed by atoms with van der Waals surface area (Å²) in [6, 6.07) is 14.2. The number of aromatic nitrogens is 1. The average Bonchev–Trinajstić information content (AvgIpc) is 2.86. The van der Waals surface area contributed by atoms with E-state index in [2.05, 4.69) is 4.98 Å². The number of fused-ring (bicyclic) bond motifs is 1. The summed E-state index contributed by atoms with van der Waals surface area (Å²) < 4.78 is 18.3. The van der Waals surface area contributed by atoms with Crippen molar-refractivity contribution in [3.63, 3.8) is 0 Å². The molecule has 1 heterocycles. The van der Waals surface area contributed by atoms with E-state index in [1.807, 2.05) is 30.3 Å². The first-order chi connectivity index (χ1) is 10.2. The number of hydrogen-bond donors (Lipinski definition) is 1. The van der Waals surface area contributed by atoms with Gasteiger partial charge in [-0.1, -0.05) is 30.3 Å². The third kappa shape index (κ3) is 2.52. The van der Waals surface area contributed by atoms with Crippen LogP contribution in [0.4, 0.5) is 4.39 Å². The lowest BCUT2D eigenvalue weighted by molar-refractivity contribution is -0.139. The van der Waals surface area contributed by atoms with Crippen LogP contribution in [0.15, 0.2) is 48.5 Å². The van der Waals surface area contributed by atoms with Crippen molar-refractivity contribution in [2.45, 2.75) is 6.42 Å². The molecule has 0 radical (unpaired) electrons. The molecule has 3 nitrogen and oxygen atoms in total. The Labute approximate surface area is 121 Å². The molecule has 106 valence electrons. The van der Waals surface area contributed by atoms with Crippen LogP contribution in [0.3, 0.4) is 0 Å². The average molecular weight is 283 g/mol. The molecule has 0 saturated heterocycles. The van der Waals surface area contributed by atoms with E-state index in [-0.39, 0.29) is 18.2 Å². The van der Waals surface area contributed by atoms with Crippen molar-refractivity contribution in [2.75, 3.05) is 7.11 Å². The maximum Gasteiger partial charge on any atom is 0.310 e. The highest BCUT2D eigenvalue weighted by Crippen LogP contribution is 2.31. The maximum atomic E-state index is 13.5. The smallest absolute Gasteiger partial charge is 0.310 e. The quantitative estimate of drug-likeness (QED) is 0.745. The zero-order chi connectivity index (χ0) is 14.8. The minimum Gasteiger partial charge on any atom is -0.469 e. The van der Waals surface area contributed by atoms with Crippen LogP contribution in [0, 0.1) is 5.82 Å². The van der Waals surface area contributed by atoms with Gasteiger partial charge in [-0.2, -0.15) is 0 Å². The minimum atomic E-state index is -0.350. The van der Waals surface area contributed by atoms with Crippen molar-refractivity contribution >= 4 is 16.9 Å². The van der Waals surface area contributed by atoms with Gasteiger partial charge >= 0.3 is 5.97 Å². The number of carbonyl (C=O) groups is 1. The summed E-state index contributed by atoms with van der Waals surface area (Å²) in [5.41, 5.74) is 3.33. The number of ether oxygens (including phenoxy) is 1. The Morgan fingerprint density at radius 2 is 1.95 bits per heavy atom. The van der Waals surface area contributed by atoms with Gasteiger partial charge in [-0.05, 0) is 29.3 Å². The summed E-state index contributed by atoms with van der Waals surface area (Å²) in [7, 11) is 1.35. The molecule has 1 aromatic heterocycles. The maximum absolute atomic E-state index is 13.5. The van der Waals surface area contributed by atoms with Gasteiger partial charge in [0.25, 0.3) is 0 Å². The van der Waals surface area contributed by atoms with Crippen LogP contribution in [-0.4, -0.2) is 18.1 Å². The van der Waals surface area contributed by atoms with Crippen molar-refractivity contribution in [1.29, 1.82) is 0 Å². The first-order valence-corrected chi connectivity index (χ1v) is 6.61. The standard InChI is InChI=1S/C17H14FNO2/c1-21-16(20)10-14-13-9-12(18)7-8-15(13)19-17(14)11-5-3-2-4-6-11/h2-9,19H,10H2,1H3. The molecule has 4 heteroatoms. The van der Waals surface area contributed by atoms with E-state index in [1.165, 1.54) is 19.2 Å². The van der Waals surface area contributed by atoms with Gasteiger partial charge in [-0.25, -0.2) is 4.39 Å². The van der Waals surface area contributed by atoms with Gasteiger partial charge < -0.3 is 9.72 Å². The second-order valence-electron chi connectivity index (χ2n) is 4.79. The second kappa shape index (κ2) is 5.40. The number of hydrogen-bond acceptors (Lipinski definition) is 2. The molecule has 0 amide bonds. The van der Waals surface area contributed by atoms with Gasteiger partial charge in [0.1, 0.15) is 5.82 Å². The van der Waals surface area contributed by atoms with E-state index in [1.54, 1.807) is 6.07 Å². The number of nitrogens with one attached hydrogen (secondary N) is 1. The van der Waals surface area contributed by atoms with Crippen LogP contribution in [0.5, 0.6) is 0 Å². The fourth-order valence-electron chi connectivity index (χ4n) is 2.47. The molecule has 0 spiro atoms. The molecule has 2 aromatic carbocycles. The topological polar surface area (TPSA) is 42.1 Å². The molecule has 3 rings (SSSR count). The molecular weight excluding hydrogens is 269 g/mol. The Kier molecular flexibility index (Phi) is 3.44. The highest BCUT2D eigenvalue weighted by molar-refractivity contribution is 5.94. The molecule has 0 fully saturated rings. The third-order valence-corrected chi connectivity index (χ3v) is 3.48. The highest BCUT2D eigenvalue weighted by atomic mass is 19.1. The summed E-state index contributed by atoms with van der Waals surface area (Å²) in [6.07, 6.45) is 0.101. The molecule has 0 aliphatic rings. The number of esters is 1. The Morgan fingerprint density at radius 3 is 2.67 bits per heavy atom. The molecule has 0 aliphatic heterocycles. The van der Waals surface area contributed by atoms with Crippen LogP contribution in [0.1, 0.15) is 5.56 Å². The SMILES string of the molecule is COC(=O)Cc1c(-c2ccccc2)[nH]c2ccc(F)cc12. The van der Waals surface area contributed by atoms with E-state index in [9.17, 15) is 9.18 Å². The molecule has 0 aliphatic carbocycles. The molecular formula is C17H14FNO2. The molecule has 1 N–H and O–H groups in total. The third-order valence-electron chi connectivity index (χ3n) is 3.48. The predicted molar refractivity (Wildman–Crippen MR) is 79.4 cm³/mol. The van der Waals surface area contributed by atoms with Crippen molar-refractivity contribution < 1.29 is 13.9 Å². The van der Waals surface area contributed by atoms with Gasteiger partial charge in [-0.3, -0.25) is 4.79 Å². The minimum absolute atomic E-state index is 0.101. The van der Waals surface area contributed by atoms with Gasteiger partial charge in [0.2, 0.25) is 0 Å². The molecule has 0 atom stereocenters.